The van der Waals surface area contributed by atoms with Gasteiger partial charge in [0.05, 0.1) is 0 Å². The highest BCUT2D eigenvalue weighted by molar-refractivity contribution is 8.76. The first-order valence-corrected chi connectivity index (χ1v) is 11.4. The van der Waals surface area contributed by atoms with Crippen LogP contribution in [0.25, 0.3) is 0 Å². The highest BCUT2D eigenvalue weighted by Crippen LogP contribution is 2.19. The van der Waals surface area contributed by atoms with Crippen molar-refractivity contribution in [1.82, 2.24) is 21.3 Å². The van der Waals surface area contributed by atoms with Crippen molar-refractivity contribution in [3.63, 3.8) is 0 Å². The first-order chi connectivity index (χ1) is 12.5. The van der Waals surface area contributed by atoms with Gasteiger partial charge in [0.15, 0.2) is 0 Å². The summed E-state index contributed by atoms with van der Waals surface area (Å²) < 4.78 is 0. The Balaban J connectivity index is 3.47. The lowest BCUT2D eigenvalue weighted by atomic mass is 10.2. The van der Waals surface area contributed by atoms with Crippen molar-refractivity contribution in [2.45, 2.75) is 52.4 Å². The summed E-state index contributed by atoms with van der Waals surface area (Å²) in [7, 11) is 3.11. The Kier molecular flexibility index (Phi) is 16.1. The van der Waals surface area contributed by atoms with Crippen LogP contribution in [-0.2, 0) is 9.59 Å². The molecule has 0 aliphatic heterocycles. The number of amides is 6. The molecule has 0 heterocycles. The summed E-state index contributed by atoms with van der Waals surface area (Å²) in [4.78, 5) is 45.6. The SMILES string of the molecule is CCCCC(=O)NC(=O)NCCSSCCNC(=O)NC(=O)CCCC. The fourth-order valence-corrected chi connectivity index (χ4v) is 3.49. The van der Waals surface area contributed by atoms with Crippen molar-refractivity contribution in [1.29, 1.82) is 0 Å². The van der Waals surface area contributed by atoms with Crippen LogP contribution in [0.4, 0.5) is 9.59 Å². The topological polar surface area (TPSA) is 116 Å². The normalized spacial score (nSPS) is 10.1. The molecule has 6 amide bonds. The first-order valence-electron chi connectivity index (χ1n) is 8.89. The molecule has 0 fully saturated rings. The molecule has 0 saturated heterocycles. The molecule has 0 bridgehead atoms. The van der Waals surface area contributed by atoms with E-state index < -0.39 is 12.1 Å². The summed E-state index contributed by atoms with van der Waals surface area (Å²) >= 11 is 0. The van der Waals surface area contributed by atoms with Crippen molar-refractivity contribution < 1.29 is 19.2 Å². The second-order valence-corrected chi connectivity index (χ2v) is 8.16. The van der Waals surface area contributed by atoms with Gasteiger partial charge in [0, 0.05) is 37.4 Å². The lowest BCUT2D eigenvalue weighted by molar-refractivity contribution is -0.121. The molecule has 0 saturated carbocycles. The number of urea groups is 2. The Labute approximate surface area is 163 Å². The maximum Gasteiger partial charge on any atom is 0.321 e. The molecule has 10 heteroatoms. The van der Waals surface area contributed by atoms with Gasteiger partial charge in [0.1, 0.15) is 0 Å². The maximum atomic E-state index is 11.4. The van der Waals surface area contributed by atoms with Crippen molar-refractivity contribution in [3.8, 4) is 0 Å². The van der Waals surface area contributed by atoms with E-state index in [2.05, 4.69) is 21.3 Å². The first kappa shape index (κ1) is 24.6. The number of rotatable bonds is 13. The van der Waals surface area contributed by atoms with Crippen LogP contribution in [-0.4, -0.2) is 48.5 Å². The van der Waals surface area contributed by atoms with Gasteiger partial charge in [0.2, 0.25) is 11.8 Å². The third-order valence-corrected chi connectivity index (χ3v) is 5.45. The molecule has 0 spiro atoms. The van der Waals surface area contributed by atoms with Gasteiger partial charge in [-0.25, -0.2) is 9.59 Å². The third kappa shape index (κ3) is 16.1. The van der Waals surface area contributed by atoms with Gasteiger partial charge in [-0.05, 0) is 12.8 Å². The minimum atomic E-state index is -0.470. The number of hydrogen-bond donors (Lipinski definition) is 4. The molecular weight excluding hydrogens is 376 g/mol. The summed E-state index contributed by atoms with van der Waals surface area (Å²) in [5.41, 5.74) is 0. The van der Waals surface area contributed by atoms with Crippen LogP contribution in [0.1, 0.15) is 52.4 Å². The molecular formula is C16H30N4O4S2. The maximum absolute atomic E-state index is 11.4. The van der Waals surface area contributed by atoms with Crippen LogP contribution in [0, 0.1) is 0 Å². The summed E-state index contributed by atoms with van der Waals surface area (Å²) in [6, 6.07) is -0.939. The Bertz CT molecular complexity index is 410. The van der Waals surface area contributed by atoms with Gasteiger partial charge in [-0.2, -0.15) is 0 Å². The van der Waals surface area contributed by atoms with Crippen molar-refractivity contribution in [2.24, 2.45) is 0 Å². The van der Waals surface area contributed by atoms with Crippen LogP contribution in [0.2, 0.25) is 0 Å². The number of carbonyl (C=O) groups is 4. The van der Waals surface area contributed by atoms with Crippen LogP contribution in [0.15, 0.2) is 0 Å². The lowest BCUT2D eigenvalue weighted by Gasteiger charge is -2.07. The molecule has 0 unspecified atom stereocenters. The van der Waals surface area contributed by atoms with Gasteiger partial charge < -0.3 is 10.6 Å². The fourth-order valence-electron chi connectivity index (χ4n) is 1.67. The average Bonchev–Trinajstić information content (AvgIpc) is 2.60. The second kappa shape index (κ2) is 17.0. The highest BCUT2D eigenvalue weighted by Gasteiger charge is 2.07. The van der Waals surface area contributed by atoms with Crippen molar-refractivity contribution >= 4 is 45.5 Å². The number of nitrogens with one attached hydrogen (secondary N) is 4. The Morgan fingerprint density at radius 3 is 1.42 bits per heavy atom. The minimum Gasteiger partial charge on any atom is -0.337 e. The number of hydrogen-bond acceptors (Lipinski definition) is 6. The molecule has 0 atom stereocenters. The smallest absolute Gasteiger partial charge is 0.321 e. The van der Waals surface area contributed by atoms with Crippen LogP contribution in [0.5, 0.6) is 0 Å². The van der Waals surface area contributed by atoms with Gasteiger partial charge in [-0.15, -0.1) is 0 Å². The molecule has 0 aromatic rings. The van der Waals surface area contributed by atoms with Crippen LogP contribution < -0.4 is 21.3 Å². The van der Waals surface area contributed by atoms with Gasteiger partial charge in [-0.1, -0.05) is 48.3 Å². The number of carbonyl (C=O) groups excluding carboxylic acids is 4. The van der Waals surface area contributed by atoms with Gasteiger partial charge in [0.25, 0.3) is 0 Å². The predicted molar refractivity (Wildman–Crippen MR) is 107 cm³/mol. The fraction of sp³-hybridized carbons (Fsp3) is 0.750. The van der Waals surface area contributed by atoms with Gasteiger partial charge >= 0.3 is 12.1 Å². The van der Waals surface area contributed by atoms with E-state index in [1.165, 1.54) is 0 Å². The number of imide groups is 2. The zero-order valence-electron chi connectivity index (χ0n) is 15.5. The Hall–Kier alpha value is -1.42. The summed E-state index contributed by atoms with van der Waals surface area (Å²) in [5.74, 6) is 0.846. The second-order valence-electron chi connectivity index (χ2n) is 5.46. The predicted octanol–water partition coefficient (Wildman–Crippen LogP) is 2.40. The van der Waals surface area contributed by atoms with E-state index in [-0.39, 0.29) is 11.8 Å². The molecule has 26 heavy (non-hydrogen) atoms. The Morgan fingerprint density at radius 2 is 1.08 bits per heavy atom. The number of unbranched alkanes of at least 4 members (excludes halogenated alkanes) is 2. The van der Waals surface area contributed by atoms with E-state index in [4.69, 9.17) is 0 Å². The van der Waals surface area contributed by atoms with Gasteiger partial charge in [-0.3, -0.25) is 20.2 Å². The average molecular weight is 407 g/mol. The molecule has 0 aliphatic rings. The van der Waals surface area contributed by atoms with Crippen LogP contribution in [0.3, 0.4) is 0 Å². The molecule has 4 N–H and O–H groups in total. The molecule has 0 aliphatic carbocycles. The quantitative estimate of drug-likeness (QED) is 0.276. The van der Waals surface area contributed by atoms with E-state index in [1.54, 1.807) is 21.6 Å². The molecule has 0 rings (SSSR count). The minimum absolute atomic E-state index is 0.260. The van der Waals surface area contributed by atoms with Crippen LogP contribution >= 0.6 is 21.6 Å². The van der Waals surface area contributed by atoms with Crippen molar-refractivity contribution in [2.75, 3.05) is 24.6 Å². The molecule has 0 aromatic heterocycles. The monoisotopic (exact) mass is 406 g/mol. The molecule has 8 nitrogen and oxygen atoms in total. The largest absolute Gasteiger partial charge is 0.337 e. The van der Waals surface area contributed by atoms with E-state index in [0.29, 0.717) is 37.4 Å². The summed E-state index contributed by atoms with van der Waals surface area (Å²) in [6.45, 7) is 4.86. The van der Waals surface area contributed by atoms with E-state index in [9.17, 15) is 19.2 Å². The molecule has 0 radical (unpaired) electrons. The zero-order valence-corrected chi connectivity index (χ0v) is 17.2. The highest BCUT2D eigenvalue weighted by atomic mass is 33.1. The summed E-state index contributed by atoms with van der Waals surface area (Å²) in [5, 5.41) is 9.79. The standard InChI is InChI=1S/C16H30N4O4S2/c1-3-5-7-13(21)19-15(23)17-9-11-25-26-12-10-18-16(24)20-14(22)8-6-4-2/h3-12H2,1-2H3,(H2,17,19,21,23)(H2,18,20,22,24). The Morgan fingerprint density at radius 1 is 0.692 bits per heavy atom. The third-order valence-electron chi connectivity index (χ3n) is 3.05. The van der Waals surface area contributed by atoms with E-state index >= 15 is 0 Å². The molecule has 150 valence electrons. The van der Waals surface area contributed by atoms with Crippen molar-refractivity contribution in [3.05, 3.63) is 0 Å². The van der Waals surface area contributed by atoms with E-state index in [0.717, 1.165) is 25.7 Å². The zero-order chi connectivity index (χ0) is 19.6. The van der Waals surface area contributed by atoms with E-state index in [1.807, 2.05) is 13.8 Å². The summed E-state index contributed by atoms with van der Waals surface area (Å²) in [6.07, 6.45) is 4.08. The molecule has 0 aromatic carbocycles. The lowest BCUT2D eigenvalue weighted by Crippen LogP contribution is -2.40.